The SMILES string of the molecule is CCC[C@@H](C(=O)O[C@@H](C)C(=O)NC1(C#N)CCCCC1)N(C)C. The van der Waals surface area contributed by atoms with Gasteiger partial charge in [0.1, 0.15) is 11.6 Å². The number of carbonyl (C=O) groups is 2. The lowest BCUT2D eigenvalue weighted by atomic mass is 9.83. The molecule has 130 valence electrons. The smallest absolute Gasteiger partial charge is 0.324 e. The van der Waals surface area contributed by atoms with Crippen LogP contribution in [0.1, 0.15) is 58.8 Å². The van der Waals surface area contributed by atoms with E-state index in [0.717, 1.165) is 25.7 Å². The van der Waals surface area contributed by atoms with Crippen LogP contribution in [0.2, 0.25) is 0 Å². The third-order valence-electron chi connectivity index (χ3n) is 4.40. The molecule has 23 heavy (non-hydrogen) atoms. The molecule has 0 aromatic heterocycles. The monoisotopic (exact) mass is 323 g/mol. The second kappa shape index (κ2) is 8.88. The first-order chi connectivity index (χ1) is 10.8. The normalized spacial score (nSPS) is 19.5. The van der Waals surface area contributed by atoms with Gasteiger partial charge in [-0.05, 0) is 40.3 Å². The van der Waals surface area contributed by atoms with E-state index in [1.165, 1.54) is 0 Å². The number of nitriles is 1. The van der Waals surface area contributed by atoms with Crippen molar-refractivity contribution in [3.8, 4) is 6.07 Å². The summed E-state index contributed by atoms with van der Waals surface area (Å²) in [7, 11) is 3.64. The fourth-order valence-corrected chi connectivity index (χ4v) is 2.92. The third-order valence-corrected chi connectivity index (χ3v) is 4.40. The lowest BCUT2D eigenvalue weighted by Gasteiger charge is -2.32. The molecular formula is C17H29N3O3. The van der Waals surface area contributed by atoms with Gasteiger partial charge in [-0.2, -0.15) is 5.26 Å². The molecule has 0 spiro atoms. The number of amides is 1. The molecule has 1 rings (SSSR count). The first-order valence-electron chi connectivity index (χ1n) is 8.45. The van der Waals surface area contributed by atoms with E-state index in [1.807, 2.05) is 21.0 Å². The van der Waals surface area contributed by atoms with E-state index >= 15 is 0 Å². The highest BCUT2D eigenvalue weighted by Gasteiger charge is 2.36. The summed E-state index contributed by atoms with van der Waals surface area (Å²) in [6.45, 7) is 3.56. The number of likely N-dealkylation sites (N-methyl/N-ethyl adjacent to an activating group) is 1. The van der Waals surface area contributed by atoms with Crippen molar-refractivity contribution in [2.24, 2.45) is 0 Å². The molecule has 6 nitrogen and oxygen atoms in total. The highest BCUT2D eigenvalue weighted by atomic mass is 16.5. The molecule has 0 radical (unpaired) electrons. The highest BCUT2D eigenvalue weighted by molar-refractivity contribution is 5.85. The van der Waals surface area contributed by atoms with Crippen LogP contribution in [0.3, 0.4) is 0 Å². The fraction of sp³-hybridized carbons (Fsp3) is 0.824. The van der Waals surface area contributed by atoms with Crippen LogP contribution in [0.5, 0.6) is 0 Å². The summed E-state index contributed by atoms with van der Waals surface area (Å²) in [5.74, 6) is -0.787. The van der Waals surface area contributed by atoms with Gasteiger partial charge in [-0.25, -0.2) is 0 Å². The van der Waals surface area contributed by atoms with Gasteiger partial charge < -0.3 is 10.1 Å². The van der Waals surface area contributed by atoms with Crippen molar-refractivity contribution in [3.63, 3.8) is 0 Å². The molecule has 0 aromatic rings. The predicted octanol–water partition coefficient (Wildman–Crippen LogP) is 1.99. The van der Waals surface area contributed by atoms with Gasteiger partial charge in [0, 0.05) is 0 Å². The summed E-state index contributed by atoms with van der Waals surface area (Å²) in [5, 5.41) is 12.2. The van der Waals surface area contributed by atoms with Crippen molar-refractivity contribution in [2.75, 3.05) is 14.1 Å². The number of carbonyl (C=O) groups excluding carboxylic acids is 2. The Morgan fingerprint density at radius 3 is 2.39 bits per heavy atom. The number of esters is 1. The van der Waals surface area contributed by atoms with Gasteiger partial charge in [-0.15, -0.1) is 0 Å². The van der Waals surface area contributed by atoms with E-state index in [2.05, 4.69) is 11.4 Å². The van der Waals surface area contributed by atoms with Gasteiger partial charge in [-0.1, -0.05) is 32.6 Å². The molecule has 0 saturated heterocycles. The maximum Gasteiger partial charge on any atom is 0.324 e. The topological polar surface area (TPSA) is 82.4 Å². The molecule has 0 unspecified atom stereocenters. The van der Waals surface area contributed by atoms with Crippen LogP contribution < -0.4 is 5.32 Å². The van der Waals surface area contributed by atoms with E-state index in [4.69, 9.17) is 4.74 Å². The maximum absolute atomic E-state index is 12.3. The van der Waals surface area contributed by atoms with E-state index in [1.54, 1.807) is 11.8 Å². The Morgan fingerprint density at radius 2 is 1.91 bits per heavy atom. The summed E-state index contributed by atoms with van der Waals surface area (Å²) in [4.78, 5) is 26.3. The lowest BCUT2D eigenvalue weighted by molar-refractivity contribution is -0.160. The van der Waals surface area contributed by atoms with Gasteiger partial charge in [0.25, 0.3) is 5.91 Å². The number of rotatable bonds is 7. The molecule has 1 aliphatic carbocycles. The minimum absolute atomic E-state index is 0.352. The van der Waals surface area contributed by atoms with E-state index in [0.29, 0.717) is 19.3 Å². The molecule has 1 fully saturated rings. The second-order valence-electron chi connectivity index (χ2n) is 6.59. The van der Waals surface area contributed by atoms with Crippen molar-refractivity contribution >= 4 is 11.9 Å². The Kier molecular flexibility index (Phi) is 7.50. The standard InChI is InChI=1S/C17H29N3O3/c1-5-9-14(20(3)4)16(22)23-13(2)15(21)19-17(12-18)10-7-6-8-11-17/h13-14H,5-11H2,1-4H3,(H,19,21)/t13-,14-/m0/s1. The number of hydrogen-bond acceptors (Lipinski definition) is 5. The molecule has 2 atom stereocenters. The van der Waals surface area contributed by atoms with Crippen LogP contribution >= 0.6 is 0 Å². The first kappa shape index (κ1) is 19.4. The van der Waals surface area contributed by atoms with Gasteiger partial charge in [0.05, 0.1) is 6.07 Å². The van der Waals surface area contributed by atoms with Crippen molar-refractivity contribution < 1.29 is 14.3 Å². The minimum atomic E-state index is -0.894. The van der Waals surface area contributed by atoms with E-state index < -0.39 is 23.5 Å². The highest BCUT2D eigenvalue weighted by Crippen LogP contribution is 2.27. The molecular weight excluding hydrogens is 294 g/mol. The second-order valence-corrected chi connectivity index (χ2v) is 6.59. The van der Waals surface area contributed by atoms with Crippen molar-refractivity contribution in [3.05, 3.63) is 0 Å². The molecule has 1 N–H and O–H groups in total. The summed E-state index contributed by atoms with van der Waals surface area (Å²) >= 11 is 0. The lowest BCUT2D eigenvalue weighted by Crippen LogP contribution is -2.52. The van der Waals surface area contributed by atoms with Crippen LogP contribution in [0.4, 0.5) is 0 Å². The van der Waals surface area contributed by atoms with Gasteiger partial charge in [-0.3, -0.25) is 14.5 Å². The largest absolute Gasteiger partial charge is 0.451 e. The quantitative estimate of drug-likeness (QED) is 0.725. The van der Waals surface area contributed by atoms with Gasteiger partial charge >= 0.3 is 5.97 Å². The number of hydrogen-bond donors (Lipinski definition) is 1. The van der Waals surface area contributed by atoms with Crippen molar-refractivity contribution in [1.82, 2.24) is 10.2 Å². The first-order valence-corrected chi connectivity index (χ1v) is 8.45. The summed E-state index contributed by atoms with van der Waals surface area (Å²) in [5.41, 5.74) is -0.805. The average Bonchev–Trinajstić information content (AvgIpc) is 2.52. The molecule has 0 heterocycles. The van der Waals surface area contributed by atoms with E-state index in [9.17, 15) is 14.9 Å². The fourth-order valence-electron chi connectivity index (χ4n) is 2.92. The summed E-state index contributed by atoms with van der Waals surface area (Å²) < 4.78 is 5.32. The minimum Gasteiger partial charge on any atom is -0.451 e. The zero-order chi connectivity index (χ0) is 17.5. The van der Waals surface area contributed by atoms with Crippen molar-refractivity contribution in [2.45, 2.75) is 76.5 Å². The van der Waals surface area contributed by atoms with E-state index in [-0.39, 0.29) is 6.04 Å². The van der Waals surface area contributed by atoms with Crippen molar-refractivity contribution in [1.29, 1.82) is 5.26 Å². The summed E-state index contributed by atoms with van der Waals surface area (Å²) in [6, 6.07) is 1.89. The zero-order valence-electron chi connectivity index (χ0n) is 14.7. The molecule has 0 aromatic carbocycles. The van der Waals surface area contributed by atoms with Crippen LogP contribution in [0.25, 0.3) is 0 Å². The molecule has 1 aliphatic rings. The molecule has 1 saturated carbocycles. The maximum atomic E-state index is 12.3. The Balaban J connectivity index is 2.62. The molecule has 0 aliphatic heterocycles. The Bertz CT molecular complexity index is 450. The van der Waals surface area contributed by atoms with Gasteiger partial charge in [0.15, 0.2) is 6.10 Å². The Hall–Kier alpha value is -1.61. The van der Waals surface area contributed by atoms with Crippen LogP contribution in [-0.4, -0.2) is 48.6 Å². The zero-order valence-corrected chi connectivity index (χ0v) is 14.7. The number of nitrogens with zero attached hydrogens (tertiary/aromatic N) is 2. The third kappa shape index (κ3) is 5.51. The van der Waals surface area contributed by atoms with Crippen LogP contribution in [0.15, 0.2) is 0 Å². The average molecular weight is 323 g/mol. The molecule has 6 heteroatoms. The van der Waals surface area contributed by atoms with Gasteiger partial charge in [0.2, 0.25) is 0 Å². The Morgan fingerprint density at radius 1 is 1.30 bits per heavy atom. The Labute approximate surface area is 139 Å². The summed E-state index contributed by atoms with van der Waals surface area (Å²) in [6.07, 6.45) is 4.92. The predicted molar refractivity (Wildman–Crippen MR) is 87.5 cm³/mol. The van der Waals surface area contributed by atoms with Crippen LogP contribution in [-0.2, 0) is 14.3 Å². The number of nitrogens with one attached hydrogen (secondary N) is 1. The van der Waals surface area contributed by atoms with Crippen LogP contribution in [0, 0.1) is 11.3 Å². The molecule has 1 amide bonds. The molecule has 0 bridgehead atoms. The number of ether oxygens (including phenoxy) is 1.